The molecule has 1 fully saturated rings. The van der Waals surface area contributed by atoms with Crippen molar-refractivity contribution in [3.8, 4) is 0 Å². The summed E-state index contributed by atoms with van der Waals surface area (Å²) >= 11 is 0. The van der Waals surface area contributed by atoms with Gasteiger partial charge in [0.25, 0.3) is 0 Å². The zero-order valence-electron chi connectivity index (χ0n) is 17.2. The summed E-state index contributed by atoms with van der Waals surface area (Å²) in [5, 5.41) is 25.8. The number of nitrogens with one attached hydrogen (secondary N) is 1. The first-order chi connectivity index (χ1) is 14.9. The average molecular weight is 465 g/mol. The maximum Gasteiger partial charge on any atom is 0.490 e. The molecule has 0 bridgehead atoms. The van der Waals surface area contributed by atoms with Gasteiger partial charge in [-0.2, -0.15) is 18.3 Å². The molecule has 1 aliphatic rings. The lowest BCUT2D eigenvalue weighted by atomic mass is 9.91. The lowest BCUT2D eigenvalue weighted by molar-refractivity contribution is -0.192. The molecule has 1 saturated heterocycles. The lowest BCUT2D eigenvalue weighted by Crippen LogP contribution is -2.49. The molecule has 1 aliphatic heterocycles. The molecule has 2 aromatic rings. The number of carboxylic acids is 1. The molecule has 0 amide bonds. The number of hydrogen-bond acceptors (Lipinski definition) is 6. The monoisotopic (exact) mass is 465 g/mol. The first-order valence-electron chi connectivity index (χ1n) is 9.64. The van der Waals surface area contributed by atoms with Gasteiger partial charge in [0.2, 0.25) is 0 Å². The highest BCUT2D eigenvalue weighted by molar-refractivity contribution is 5.73. The summed E-state index contributed by atoms with van der Waals surface area (Å²) in [5.41, 5.74) is -1.49. The number of rotatable bonds is 6. The summed E-state index contributed by atoms with van der Waals surface area (Å²) in [7, 11) is 1.92. The van der Waals surface area contributed by atoms with E-state index in [1.807, 2.05) is 11.9 Å². The van der Waals surface area contributed by atoms with Crippen LogP contribution in [0.25, 0.3) is 0 Å². The van der Waals surface area contributed by atoms with Crippen molar-refractivity contribution < 1.29 is 37.0 Å². The molecule has 0 spiro atoms. The first-order valence-corrected chi connectivity index (χ1v) is 9.64. The van der Waals surface area contributed by atoms with Gasteiger partial charge < -0.3 is 20.4 Å². The number of carbonyl (C=O) groups is 1. The van der Waals surface area contributed by atoms with E-state index in [4.69, 9.17) is 9.90 Å². The lowest BCUT2D eigenvalue weighted by Gasteiger charge is -2.38. The highest BCUT2D eigenvalue weighted by Crippen LogP contribution is 2.29. The largest absolute Gasteiger partial charge is 0.490 e. The van der Waals surface area contributed by atoms with E-state index in [-0.39, 0.29) is 18.7 Å². The Balaban J connectivity index is 0.000000451. The van der Waals surface area contributed by atoms with E-state index in [1.54, 1.807) is 0 Å². The predicted octanol–water partition coefficient (Wildman–Crippen LogP) is 1.76. The van der Waals surface area contributed by atoms with Crippen LogP contribution in [0.15, 0.2) is 30.9 Å². The van der Waals surface area contributed by atoms with Gasteiger partial charge in [0.05, 0.1) is 6.54 Å². The minimum Gasteiger partial charge on any atom is -0.475 e. The van der Waals surface area contributed by atoms with Crippen LogP contribution in [-0.4, -0.2) is 74.7 Å². The fraction of sp³-hybridized carbons (Fsp3) is 0.526. The van der Waals surface area contributed by atoms with E-state index in [9.17, 15) is 27.1 Å². The van der Waals surface area contributed by atoms with Gasteiger partial charge in [-0.15, -0.1) is 0 Å². The van der Waals surface area contributed by atoms with Crippen molar-refractivity contribution in [2.75, 3.05) is 26.7 Å². The Morgan fingerprint density at radius 2 is 1.91 bits per heavy atom. The number of alkyl halides is 3. The molecule has 1 aromatic heterocycles. The van der Waals surface area contributed by atoms with E-state index < -0.39 is 29.4 Å². The van der Waals surface area contributed by atoms with Crippen LogP contribution < -0.4 is 5.32 Å². The second-order valence-corrected chi connectivity index (χ2v) is 7.45. The molecular weight excluding hydrogens is 441 g/mol. The summed E-state index contributed by atoms with van der Waals surface area (Å²) in [6.07, 6.45) is -0.335. The Labute approximate surface area is 180 Å². The number of aromatic nitrogens is 3. The summed E-state index contributed by atoms with van der Waals surface area (Å²) in [6, 6.07) is 3.56. The number of hydrogen-bond donors (Lipinski definition) is 3. The van der Waals surface area contributed by atoms with Gasteiger partial charge in [-0.3, -0.25) is 0 Å². The summed E-state index contributed by atoms with van der Waals surface area (Å²) in [6.45, 7) is 2.08. The Hall–Kier alpha value is -2.64. The van der Waals surface area contributed by atoms with Gasteiger partial charge in [0.1, 0.15) is 29.9 Å². The second kappa shape index (κ2) is 10.8. The molecule has 2 heterocycles. The highest BCUT2D eigenvalue weighted by atomic mass is 19.4. The smallest absolute Gasteiger partial charge is 0.475 e. The van der Waals surface area contributed by atoms with Crippen molar-refractivity contribution in [1.29, 1.82) is 0 Å². The minimum absolute atomic E-state index is 0.0326. The number of likely N-dealkylation sites (N-methyl/N-ethyl adjacent to an activating group) is 1. The quantitative estimate of drug-likeness (QED) is 0.559. The maximum absolute atomic E-state index is 14.4. The molecule has 32 heavy (non-hydrogen) atoms. The zero-order valence-corrected chi connectivity index (χ0v) is 17.2. The van der Waals surface area contributed by atoms with E-state index in [2.05, 4.69) is 15.4 Å². The third-order valence-electron chi connectivity index (χ3n) is 5.01. The third kappa shape index (κ3) is 7.21. The average Bonchev–Trinajstić information content (AvgIpc) is 3.20. The molecule has 0 radical (unpaired) electrons. The molecule has 0 aliphatic carbocycles. The number of benzene rings is 1. The van der Waals surface area contributed by atoms with E-state index in [1.165, 1.54) is 23.4 Å². The van der Waals surface area contributed by atoms with Crippen LogP contribution in [0.1, 0.15) is 18.4 Å². The van der Waals surface area contributed by atoms with Crippen molar-refractivity contribution in [2.45, 2.75) is 37.2 Å². The summed E-state index contributed by atoms with van der Waals surface area (Å²) in [4.78, 5) is 14.8. The van der Waals surface area contributed by atoms with Crippen LogP contribution in [0.4, 0.5) is 22.0 Å². The molecule has 178 valence electrons. The van der Waals surface area contributed by atoms with Crippen molar-refractivity contribution in [3.63, 3.8) is 0 Å². The first kappa shape index (κ1) is 25.6. The Kier molecular flexibility index (Phi) is 8.64. The topological polar surface area (TPSA) is 104 Å². The molecule has 1 aromatic carbocycles. The number of piperidine rings is 1. The summed E-state index contributed by atoms with van der Waals surface area (Å²) in [5.74, 6) is -4.19. The molecular formula is C19H24F5N5O3. The van der Waals surface area contributed by atoms with E-state index in [0.717, 1.165) is 38.1 Å². The maximum atomic E-state index is 14.4. The van der Waals surface area contributed by atoms with Gasteiger partial charge in [-0.25, -0.2) is 23.2 Å². The van der Waals surface area contributed by atoms with E-state index in [0.29, 0.717) is 6.04 Å². The van der Waals surface area contributed by atoms with Crippen molar-refractivity contribution in [3.05, 3.63) is 48.1 Å². The normalized spacial score (nSPS) is 16.9. The van der Waals surface area contributed by atoms with E-state index >= 15 is 0 Å². The molecule has 1 atom stereocenters. The van der Waals surface area contributed by atoms with Crippen LogP contribution in [0.2, 0.25) is 0 Å². The fourth-order valence-electron chi connectivity index (χ4n) is 3.46. The van der Waals surface area contributed by atoms with Crippen molar-refractivity contribution in [2.24, 2.45) is 0 Å². The van der Waals surface area contributed by atoms with Crippen LogP contribution in [0.5, 0.6) is 0 Å². The summed E-state index contributed by atoms with van der Waals surface area (Å²) < 4.78 is 60.9. The molecule has 13 heteroatoms. The zero-order chi connectivity index (χ0) is 23.9. The molecule has 1 unspecified atom stereocenters. The van der Waals surface area contributed by atoms with Crippen LogP contribution >= 0.6 is 0 Å². The van der Waals surface area contributed by atoms with Crippen LogP contribution in [-0.2, 0) is 16.9 Å². The minimum atomic E-state index is -5.08. The number of nitrogens with zero attached hydrogens (tertiary/aromatic N) is 4. The van der Waals surface area contributed by atoms with Crippen molar-refractivity contribution in [1.82, 2.24) is 25.0 Å². The SMILES string of the molecule is CN(CC(O)(Cn1cncn1)c1ccc(F)cc1F)C1CCNCC1.O=C(O)C(F)(F)F. The third-order valence-corrected chi connectivity index (χ3v) is 5.01. The Bertz CT molecular complexity index is 875. The van der Waals surface area contributed by atoms with Gasteiger partial charge in [0.15, 0.2) is 0 Å². The fourth-order valence-corrected chi connectivity index (χ4v) is 3.46. The van der Waals surface area contributed by atoms with Gasteiger partial charge in [-0.1, -0.05) is 6.07 Å². The van der Waals surface area contributed by atoms with Gasteiger partial charge >= 0.3 is 12.1 Å². The second-order valence-electron chi connectivity index (χ2n) is 7.45. The number of carboxylic acid groups (broad SMARTS) is 1. The number of aliphatic hydroxyl groups is 1. The van der Waals surface area contributed by atoms with Gasteiger partial charge in [0, 0.05) is 24.2 Å². The van der Waals surface area contributed by atoms with Gasteiger partial charge in [-0.05, 0) is 39.0 Å². The number of halogens is 5. The Morgan fingerprint density at radius 3 is 2.41 bits per heavy atom. The van der Waals surface area contributed by atoms with Crippen LogP contribution in [0.3, 0.4) is 0 Å². The molecule has 3 N–H and O–H groups in total. The highest BCUT2D eigenvalue weighted by Gasteiger charge is 2.38. The Morgan fingerprint density at radius 1 is 1.28 bits per heavy atom. The predicted molar refractivity (Wildman–Crippen MR) is 102 cm³/mol. The van der Waals surface area contributed by atoms with Crippen molar-refractivity contribution >= 4 is 5.97 Å². The van der Waals surface area contributed by atoms with Crippen LogP contribution in [0, 0.1) is 11.6 Å². The molecule has 3 rings (SSSR count). The number of aliphatic carboxylic acids is 1. The standard InChI is InChI=1S/C17H23F2N5O.C2HF3O2/c1-23(14-4-6-20-7-5-14)9-17(25,10-24-12-21-11-22-24)15-3-2-13(18)8-16(15)19;3-2(4,5)1(6)7/h2-3,8,11-12,14,20,25H,4-7,9-10H2,1H3;(H,6,7). The molecule has 0 saturated carbocycles. The molecule has 8 nitrogen and oxygen atoms in total.